The number of fused-ring (bicyclic) bond motifs is 1. The Morgan fingerprint density at radius 3 is 2.85 bits per heavy atom. The summed E-state index contributed by atoms with van der Waals surface area (Å²) in [6, 6.07) is -0.0598. The van der Waals surface area contributed by atoms with Crippen LogP contribution >= 0.6 is 11.6 Å². The summed E-state index contributed by atoms with van der Waals surface area (Å²) in [5.41, 5.74) is 9.07. The molecule has 1 amide bonds. The number of amides is 1. The Labute approximate surface area is 163 Å². The number of halogens is 2. The third-order valence-electron chi connectivity index (χ3n) is 5.72. The van der Waals surface area contributed by atoms with Crippen molar-refractivity contribution in [3.63, 3.8) is 0 Å². The number of hydrazine groups is 1. The van der Waals surface area contributed by atoms with Gasteiger partial charge in [-0.05, 0) is 0 Å². The van der Waals surface area contributed by atoms with Gasteiger partial charge in [-0.15, -0.1) is 11.6 Å². The molecule has 6 atom stereocenters. The van der Waals surface area contributed by atoms with Crippen molar-refractivity contribution >= 4 is 23.3 Å². The van der Waals surface area contributed by atoms with Gasteiger partial charge in [0.15, 0.2) is 0 Å². The van der Waals surface area contributed by atoms with Gasteiger partial charge in [-0.1, -0.05) is 0 Å². The van der Waals surface area contributed by atoms with Crippen LogP contribution in [-0.4, -0.2) is 104 Å². The summed E-state index contributed by atoms with van der Waals surface area (Å²) < 4.78 is 13.6. The molecule has 4 aliphatic heterocycles. The first-order valence-corrected chi connectivity index (χ1v) is 10.1. The number of nitrogens with two attached hydrogens (primary N) is 1. The first-order chi connectivity index (χ1) is 13.0. The van der Waals surface area contributed by atoms with Gasteiger partial charge in [-0.3, -0.25) is 19.7 Å². The maximum atomic E-state index is 13.6. The SMILES string of the molecule is NC1NN2CC(F)CN=C2C1C(=O)NC1CNCC(Cl)C1N1CCNCC1. The number of nitrogens with one attached hydrogen (secondary N) is 4. The number of hydrogen-bond acceptors (Lipinski definition) is 8. The molecule has 0 aromatic heterocycles. The molecule has 27 heavy (non-hydrogen) atoms. The van der Waals surface area contributed by atoms with Crippen molar-refractivity contribution in [2.24, 2.45) is 16.6 Å². The van der Waals surface area contributed by atoms with E-state index in [-0.39, 0.29) is 36.5 Å². The molecule has 152 valence electrons. The molecular formula is C16H28ClFN8O. The number of alkyl halides is 2. The van der Waals surface area contributed by atoms with Crippen LogP contribution in [-0.2, 0) is 4.79 Å². The summed E-state index contributed by atoms with van der Waals surface area (Å²) in [6.45, 7) is 5.25. The average molecular weight is 403 g/mol. The van der Waals surface area contributed by atoms with Gasteiger partial charge in [0.1, 0.15) is 17.9 Å². The van der Waals surface area contributed by atoms with Gasteiger partial charge >= 0.3 is 0 Å². The molecule has 0 aromatic rings. The van der Waals surface area contributed by atoms with Crippen LogP contribution in [0.2, 0.25) is 0 Å². The van der Waals surface area contributed by atoms with Crippen LogP contribution in [0.15, 0.2) is 4.99 Å². The van der Waals surface area contributed by atoms with Crippen molar-refractivity contribution < 1.29 is 9.18 Å². The fraction of sp³-hybridized carbons (Fsp3) is 0.875. The monoisotopic (exact) mass is 402 g/mol. The van der Waals surface area contributed by atoms with E-state index in [2.05, 4.69) is 31.3 Å². The summed E-state index contributed by atoms with van der Waals surface area (Å²) >= 11 is 6.62. The summed E-state index contributed by atoms with van der Waals surface area (Å²) in [4.78, 5) is 19.7. The maximum Gasteiger partial charge on any atom is 0.234 e. The van der Waals surface area contributed by atoms with Gasteiger partial charge in [0.2, 0.25) is 5.91 Å². The minimum absolute atomic E-state index is 0.0594. The first-order valence-electron chi connectivity index (χ1n) is 9.62. The first kappa shape index (κ1) is 19.3. The Morgan fingerprint density at radius 1 is 1.30 bits per heavy atom. The zero-order valence-electron chi connectivity index (χ0n) is 15.2. The summed E-state index contributed by atoms with van der Waals surface area (Å²) in [6.07, 6.45) is -1.66. The lowest BCUT2D eigenvalue weighted by molar-refractivity contribution is -0.124. The van der Waals surface area contributed by atoms with E-state index >= 15 is 0 Å². The molecule has 0 saturated carbocycles. The minimum Gasteiger partial charge on any atom is -0.350 e. The Kier molecular flexibility index (Phi) is 5.81. The molecule has 3 fully saturated rings. The number of carbonyl (C=O) groups is 1. The lowest BCUT2D eigenvalue weighted by Gasteiger charge is -2.45. The molecule has 0 radical (unpaired) electrons. The largest absolute Gasteiger partial charge is 0.350 e. The number of piperidine rings is 1. The number of amidine groups is 1. The molecule has 3 saturated heterocycles. The van der Waals surface area contributed by atoms with E-state index in [1.54, 1.807) is 5.01 Å². The quantitative estimate of drug-likeness (QED) is 0.330. The fourth-order valence-corrected chi connectivity index (χ4v) is 4.89. The Bertz CT molecular complexity index is 589. The van der Waals surface area contributed by atoms with E-state index in [4.69, 9.17) is 17.3 Å². The molecule has 4 aliphatic rings. The van der Waals surface area contributed by atoms with Crippen LogP contribution in [0.25, 0.3) is 0 Å². The van der Waals surface area contributed by atoms with Gasteiger partial charge in [0.05, 0.1) is 30.7 Å². The van der Waals surface area contributed by atoms with E-state index in [0.717, 1.165) is 26.2 Å². The lowest BCUT2D eigenvalue weighted by atomic mass is 9.96. The Morgan fingerprint density at radius 2 is 2.07 bits per heavy atom. The smallest absolute Gasteiger partial charge is 0.234 e. The van der Waals surface area contributed by atoms with Crippen molar-refractivity contribution in [3.05, 3.63) is 0 Å². The fourth-order valence-electron chi connectivity index (χ4n) is 4.45. The topological polar surface area (TPSA) is 110 Å². The number of nitrogens with zero attached hydrogens (tertiary/aromatic N) is 3. The van der Waals surface area contributed by atoms with Crippen molar-refractivity contribution in [2.75, 3.05) is 52.4 Å². The number of rotatable bonds is 3. The second kappa shape index (κ2) is 8.14. The van der Waals surface area contributed by atoms with Gasteiger partial charge in [0, 0.05) is 45.3 Å². The summed E-state index contributed by atoms with van der Waals surface area (Å²) in [5.74, 6) is -0.290. The van der Waals surface area contributed by atoms with Crippen LogP contribution in [0.1, 0.15) is 0 Å². The molecule has 4 rings (SSSR count). The summed E-state index contributed by atoms with van der Waals surface area (Å²) in [7, 11) is 0. The molecule has 4 heterocycles. The number of aliphatic imine (C=N–C) groups is 1. The molecule has 6 N–H and O–H groups in total. The van der Waals surface area contributed by atoms with Gasteiger partial charge in [0.25, 0.3) is 0 Å². The maximum absolute atomic E-state index is 13.6. The van der Waals surface area contributed by atoms with Gasteiger partial charge in [-0.2, -0.15) is 0 Å². The zero-order valence-corrected chi connectivity index (χ0v) is 16.0. The molecule has 9 nitrogen and oxygen atoms in total. The second-order valence-electron chi connectivity index (χ2n) is 7.61. The molecular weight excluding hydrogens is 375 g/mol. The second-order valence-corrected chi connectivity index (χ2v) is 8.17. The highest BCUT2D eigenvalue weighted by Crippen LogP contribution is 2.22. The van der Waals surface area contributed by atoms with Crippen LogP contribution in [0.5, 0.6) is 0 Å². The van der Waals surface area contributed by atoms with E-state index in [0.29, 0.717) is 18.9 Å². The van der Waals surface area contributed by atoms with E-state index in [1.807, 2.05) is 0 Å². The van der Waals surface area contributed by atoms with Crippen LogP contribution in [0, 0.1) is 5.92 Å². The molecule has 0 aromatic carbocycles. The van der Waals surface area contributed by atoms with Gasteiger partial charge in [-0.25, -0.2) is 9.82 Å². The van der Waals surface area contributed by atoms with Crippen LogP contribution < -0.4 is 27.1 Å². The molecule has 0 aliphatic carbocycles. The van der Waals surface area contributed by atoms with Crippen molar-refractivity contribution in [3.8, 4) is 0 Å². The zero-order chi connectivity index (χ0) is 19.0. The average Bonchev–Trinajstić information content (AvgIpc) is 2.97. The predicted molar refractivity (Wildman–Crippen MR) is 101 cm³/mol. The third kappa shape index (κ3) is 3.92. The number of hydrogen-bond donors (Lipinski definition) is 5. The Balaban J connectivity index is 1.47. The highest BCUT2D eigenvalue weighted by molar-refractivity contribution is 6.21. The highest BCUT2D eigenvalue weighted by Gasteiger charge is 2.45. The van der Waals surface area contributed by atoms with Crippen LogP contribution in [0.3, 0.4) is 0 Å². The molecule has 6 unspecified atom stereocenters. The van der Waals surface area contributed by atoms with Crippen molar-refractivity contribution in [2.45, 2.75) is 29.8 Å². The van der Waals surface area contributed by atoms with E-state index < -0.39 is 18.3 Å². The molecule has 0 spiro atoms. The standard InChI is InChI=1S/C16H28ClFN8O/c17-10-6-21-7-11(13(10)25-3-1-20-2-4-25)23-16(27)12-14(19)24-26-8-9(18)5-22-15(12)26/h9-14,20-21,24H,1-8,19H2,(H,23,27). The van der Waals surface area contributed by atoms with Crippen molar-refractivity contribution in [1.82, 2.24) is 31.3 Å². The Hall–Kier alpha value is -1.04. The highest BCUT2D eigenvalue weighted by atomic mass is 35.5. The van der Waals surface area contributed by atoms with Crippen LogP contribution in [0.4, 0.5) is 4.39 Å². The number of piperazine rings is 1. The minimum atomic E-state index is -1.05. The lowest BCUT2D eigenvalue weighted by Crippen LogP contribution is -2.67. The van der Waals surface area contributed by atoms with E-state index in [1.165, 1.54) is 0 Å². The van der Waals surface area contributed by atoms with Crippen molar-refractivity contribution in [1.29, 1.82) is 0 Å². The predicted octanol–water partition coefficient (Wildman–Crippen LogP) is -2.57. The normalized spacial score (nSPS) is 40.4. The third-order valence-corrected chi connectivity index (χ3v) is 6.13. The van der Waals surface area contributed by atoms with E-state index in [9.17, 15) is 9.18 Å². The molecule has 11 heteroatoms. The number of carbonyl (C=O) groups excluding carboxylic acids is 1. The summed E-state index contributed by atoms with van der Waals surface area (Å²) in [5, 5.41) is 11.3. The molecule has 0 bridgehead atoms. The van der Waals surface area contributed by atoms with Gasteiger partial charge < -0.3 is 21.7 Å².